The third kappa shape index (κ3) is 5.49. The summed E-state index contributed by atoms with van der Waals surface area (Å²) in [6.45, 7) is 3.74. The van der Waals surface area contributed by atoms with E-state index in [1.54, 1.807) is 20.0 Å². The van der Waals surface area contributed by atoms with Crippen molar-refractivity contribution in [2.45, 2.75) is 20.5 Å². The number of non-ortho nitro benzene ring substituents is 1. The summed E-state index contributed by atoms with van der Waals surface area (Å²) >= 11 is 3.41. The van der Waals surface area contributed by atoms with Crippen LogP contribution in [0.5, 0.6) is 5.75 Å². The summed E-state index contributed by atoms with van der Waals surface area (Å²) in [6.07, 6.45) is 1.61. The average molecular weight is 539 g/mol. The van der Waals surface area contributed by atoms with E-state index in [0.717, 1.165) is 4.47 Å². The molecule has 0 saturated heterocycles. The molecule has 0 unspecified atom stereocenters. The van der Waals surface area contributed by atoms with Gasteiger partial charge < -0.3 is 9.47 Å². The first kappa shape index (κ1) is 24.0. The molecule has 35 heavy (non-hydrogen) atoms. The maximum atomic E-state index is 12.7. The fourth-order valence-corrected chi connectivity index (χ4v) is 3.47. The van der Waals surface area contributed by atoms with E-state index in [9.17, 15) is 14.9 Å². The number of nitro groups is 1. The van der Waals surface area contributed by atoms with Crippen LogP contribution in [-0.4, -0.2) is 42.5 Å². The highest BCUT2D eigenvalue weighted by Gasteiger charge is 2.22. The Bertz CT molecular complexity index is 1370. The maximum Gasteiger partial charge on any atom is 0.342 e. The highest BCUT2D eigenvalue weighted by atomic mass is 79.9. The largest absolute Gasteiger partial charge is 0.487 e. The summed E-state index contributed by atoms with van der Waals surface area (Å²) in [4.78, 5) is 32.0. The molecule has 2 aromatic carbocycles. The number of esters is 1. The number of halogens is 1. The topological polar surface area (TPSA) is 135 Å². The molecular formula is C23H19BrN6O5. The fraction of sp³-hybridized carbons (Fsp3) is 0.174. The van der Waals surface area contributed by atoms with Crippen LogP contribution in [-0.2, 0) is 11.3 Å². The molecule has 0 spiro atoms. The van der Waals surface area contributed by atoms with Gasteiger partial charge in [0.05, 0.1) is 29.1 Å². The molecule has 2 aromatic heterocycles. The molecule has 0 radical (unpaired) electrons. The Kier molecular flexibility index (Phi) is 7.11. The summed E-state index contributed by atoms with van der Waals surface area (Å²) in [7, 11) is 0. The molecule has 11 nitrogen and oxygen atoms in total. The zero-order chi connectivity index (χ0) is 24.9. The number of aryl methyl sites for hydroxylation is 1. The average Bonchev–Trinajstić information content (AvgIpc) is 3.32. The second kappa shape index (κ2) is 10.4. The quantitative estimate of drug-likeness (QED) is 0.181. The van der Waals surface area contributed by atoms with E-state index in [-0.39, 0.29) is 30.4 Å². The third-order valence-corrected chi connectivity index (χ3v) is 5.38. The second-order valence-electron chi connectivity index (χ2n) is 7.25. The Morgan fingerprint density at radius 1 is 1.11 bits per heavy atom. The van der Waals surface area contributed by atoms with Crippen LogP contribution < -0.4 is 4.74 Å². The zero-order valence-corrected chi connectivity index (χ0v) is 20.3. The van der Waals surface area contributed by atoms with Crippen molar-refractivity contribution in [1.82, 2.24) is 25.0 Å². The smallest absolute Gasteiger partial charge is 0.342 e. The third-order valence-electron chi connectivity index (χ3n) is 4.86. The minimum Gasteiger partial charge on any atom is -0.487 e. The second-order valence-corrected chi connectivity index (χ2v) is 8.17. The molecule has 4 aromatic rings. The van der Waals surface area contributed by atoms with Crippen molar-refractivity contribution in [2.75, 3.05) is 6.61 Å². The molecule has 0 amide bonds. The summed E-state index contributed by atoms with van der Waals surface area (Å²) in [5, 5.41) is 18.9. The summed E-state index contributed by atoms with van der Waals surface area (Å²) in [6, 6.07) is 13.1. The van der Waals surface area contributed by atoms with Gasteiger partial charge >= 0.3 is 5.97 Å². The van der Waals surface area contributed by atoms with E-state index in [0.29, 0.717) is 28.4 Å². The van der Waals surface area contributed by atoms with Crippen LogP contribution in [0.4, 0.5) is 5.69 Å². The number of ether oxygens (including phenoxy) is 2. The highest BCUT2D eigenvalue weighted by Crippen LogP contribution is 2.27. The molecule has 0 atom stereocenters. The van der Waals surface area contributed by atoms with Crippen molar-refractivity contribution < 1.29 is 19.2 Å². The Balaban J connectivity index is 1.62. The summed E-state index contributed by atoms with van der Waals surface area (Å²) < 4.78 is 13.1. The molecule has 0 aliphatic rings. The highest BCUT2D eigenvalue weighted by molar-refractivity contribution is 9.10. The number of benzene rings is 2. The van der Waals surface area contributed by atoms with E-state index >= 15 is 0 Å². The van der Waals surface area contributed by atoms with E-state index in [4.69, 9.17) is 9.47 Å². The van der Waals surface area contributed by atoms with Crippen molar-refractivity contribution >= 4 is 27.6 Å². The molecular weight excluding hydrogens is 520 g/mol. The Morgan fingerprint density at radius 3 is 2.49 bits per heavy atom. The van der Waals surface area contributed by atoms with Gasteiger partial charge in [-0.05, 0) is 38.1 Å². The van der Waals surface area contributed by atoms with Gasteiger partial charge in [0.25, 0.3) is 11.6 Å². The maximum absolute atomic E-state index is 12.7. The minimum atomic E-state index is -0.509. The molecule has 0 N–H and O–H groups in total. The van der Waals surface area contributed by atoms with E-state index in [1.165, 1.54) is 28.9 Å². The standard InChI is InChI=1S/C23H19BrN6O5/c1-3-34-22(31)20-14(2)25-23(26-21(20)15-4-6-16(24)7-5-15)29-12-17(27-28-29)13-35-19-10-8-18(9-11-19)30(32)33/h4-12H,3,13H2,1-2H3. The molecule has 0 bridgehead atoms. The molecule has 0 fully saturated rings. The monoisotopic (exact) mass is 538 g/mol. The lowest BCUT2D eigenvalue weighted by atomic mass is 10.0. The van der Waals surface area contributed by atoms with Gasteiger partial charge in [-0.2, -0.15) is 4.68 Å². The number of nitro benzene ring substituents is 1. The van der Waals surface area contributed by atoms with E-state index in [2.05, 4.69) is 36.2 Å². The lowest BCUT2D eigenvalue weighted by Gasteiger charge is -2.12. The van der Waals surface area contributed by atoms with Gasteiger partial charge in [0.15, 0.2) is 0 Å². The number of hydrogen-bond donors (Lipinski definition) is 0. The Hall–Kier alpha value is -4.19. The normalized spacial score (nSPS) is 10.7. The predicted octanol–water partition coefficient (Wildman–Crippen LogP) is 4.46. The van der Waals surface area contributed by atoms with Crippen LogP contribution in [0.1, 0.15) is 28.7 Å². The lowest BCUT2D eigenvalue weighted by Crippen LogP contribution is -2.14. The fourth-order valence-electron chi connectivity index (χ4n) is 3.21. The molecule has 4 rings (SSSR count). The first-order valence-electron chi connectivity index (χ1n) is 10.5. The minimum absolute atomic E-state index is 0.0244. The molecule has 2 heterocycles. The number of aromatic nitrogens is 5. The number of nitrogens with zero attached hydrogens (tertiary/aromatic N) is 6. The predicted molar refractivity (Wildman–Crippen MR) is 128 cm³/mol. The summed E-state index contributed by atoms with van der Waals surface area (Å²) in [5.41, 5.74) is 2.31. The van der Waals surface area contributed by atoms with Crippen LogP contribution in [0.25, 0.3) is 17.2 Å². The molecule has 0 aliphatic heterocycles. The van der Waals surface area contributed by atoms with Crippen LogP contribution in [0.15, 0.2) is 59.2 Å². The Labute approximate surface area is 208 Å². The number of carbonyl (C=O) groups excluding carboxylic acids is 1. The van der Waals surface area contributed by atoms with E-state index in [1.807, 2.05) is 24.3 Å². The number of rotatable bonds is 8. The van der Waals surface area contributed by atoms with Crippen molar-refractivity contribution in [3.05, 3.63) is 86.3 Å². The molecule has 0 aliphatic carbocycles. The van der Waals surface area contributed by atoms with Crippen molar-refractivity contribution in [3.63, 3.8) is 0 Å². The van der Waals surface area contributed by atoms with Crippen LogP contribution in [0.3, 0.4) is 0 Å². The number of carbonyl (C=O) groups is 1. The lowest BCUT2D eigenvalue weighted by molar-refractivity contribution is -0.384. The van der Waals surface area contributed by atoms with Gasteiger partial charge in [0.1, 0.15) is 23.6 Å². The van der Waals surface area contributed by atoms with Gasteiger partial charge in [-0.1, -0.05) is 33.3 Å². The SMILES string of the molecule is CCOC(=O)c1c(C)nc(-n2cc(COc3ccc([N+](=O)[O-])cc3)nn2)nc1-c1ccc(Br)cc1. The van der Waals surface area contributed by atoms with Crippen molar-refractivity contribution in [3.8, 4) is 23.0 Å². The molecule has 178 valence electrons. The van der Waals surface area contributed by atoms with E-state index < -0.39 is 10.9 Å². The first-order valence-corrected chi connectivity index (χ1v) is 11.3. The van der Waals surface area contributed by atoms with Gasteiger partial charge in [-0.3, -0.25) is 10.1 Å². The molecule has 12 heteroatoms. The van der Waals surface area contributed by atoms with Crippen molar-refractivity contribution in [2.24, 2.45) is 0 Å². The first-order chi connectivity index (χ1) is 16.9. The molecule has 0 saturated carbocycles. The summed E-state index contributed by atoms with van der Waals surface area (Å²) in [5.74, 6) is 0.168. The zero-order valence-electron chi connectivity index (χ0n) is 18.7. The van der Waals surface area contributed by atoms with Crippen LogP contribution in [0.2, 0.25) is 0 Å². The van der Waals surface area contributed by atoms with Crippen LogP contribution in [0, 0.1) is 17.0 Å². The number of hydrogen-bond acceptors (Lipinski definition) is 9. The van der Waals surface area contributed by atoms with Crippen LogP contribution >= 0.6 is 15.9 Å². The van der Waals surface area contributed by atoms with Crippen molar-refractivity contribution in [1.29, 1.82) is 0 Å². The van der Waals surface area contributed by atoms with Gasteiger partial charge in [0.2, 0.25) is 0 Å². The Morgan fingerprint density at radius 2 is 1.83 bits per heavy atom. The van der Waals surface area contributed by atoms with Gasteiger partial charge in [-0.25, -0.2) is 14.8 Å². The van der Waals surface area contributed by atoms with Gasteiger partial charge in [-0.15, -0.1) is 5.10 Å². The van der Waals surface area contributed by atoms with Gasteiger partial charge in [0, 0.05) is 22.2 Å².